The number of hydrogen-bond donors (Lipinski definition) is 2. The van der Waals surface area contributed by atoms with Gasteiger partial charge >= 0.3 is 0 Å². The van der Waals surface area contributed by atoms with Crippen molar-refractivity contribution in [1.29, 1.82) is 0 Å². The van der Waals surface area contributed by atoms with Gasteiger partial charge in [-0.3, -0.25) is 14.7 Å². The minimum atomic E-state index is -0.245. The Hall–Kier alpha value is -4.20. The van der Waals surface area contributed by atoms with Gasteiger partial charge in [-0.1, -0.05) is 30.3 Å². The van der Waals surface area contributed by atoms with E-state index < -0.39 is 0 Å². The standard InChI is InChI=1S/C23H19N5O3/c1-13-21(17-9-5-6-10-19(17)31-2)27-28-20(29)12-14(24-22(13)28)11-18-15-7-3-4-8-16(15)23(30)26-25-18/h3-10,12,27H,11H2,1-2H3,(H,26,30). The summed E-state index contributed by atoms with van der Waals surface area (Å²) in [6.45, 7) is 1.91. The first-order valence-electron chi connectivity index (χ1n) is 9.78. The normalized spacial score (nSPS) is 11.3. The smallest absolute Gasteiger partial charge is 0.272 e. The lowest BCUT2D eigenvalue weighted by molar-refractivity contribution is 0.416. The lowest BCUT2D eigenvalue weighted by Gasteiger charge is -2.06. The number of aromatic amines is 2. The predicted octanol–water partition coefficient (Wildman–Crippen LogP) is 2.83. The van der Waals surface area contributed by atoms with Crippen molar-refractivity contribution in [2.24, 2.45) is 0 Å². The second kappa shape index (κ2) is 7.24. The van der Waals surface area contributed by atoms with Crippen molar-refractivity contribution in [2.75, 3.05) is 7.11 Å². The number of para-hydroxylation sites is 1. The quantitative estimate of drug-likeness (QED) is 0.471. The minimum absolute atomic E-state index is 0.224. The van der Waals surface area contributed by atoms with Crippen molar-refractivity contribution >= 4 is 16.4 Å². The summed E-state index contributed by atoms with van der Waals surface area (Å²) in [6, 6.07) is 16.3. The van der Waals surface area contributed by atoms with E-state index in [1.807, 2.05) is 43.3 Å². The third kappa shape index (κ3) is 3.09. The Labute approximate surface area is 176 Å². The average Bonchev–Trinajstić information content (AvgIpc) is 3.13. The van der Waals surface area contributed by atoms with Crippen LogP contribution in [0.5, 0.6) is 5.75 Å². The Kier molecular flexibility index (Phi) is 4.39. The molecule has 3 aromatic heterocycles. The molecule has 0 fully saturated rings. The second-order valence-electron chi connectivity index (χ2n) is 7.28. The van der Waals surface area contributed by atoms with Gasteiger partial charge < -0.3 is 4.74 Å². The molecule has 0 aliphatic heterocycles. The zero-order valence-electron chi connectivity index (χ0n) is 17.0. The monoisotopic (exact) mass is 413 g/mol. The van der Waals surface area contributed by atoms with Crippen LogP contribution >= 0.6 is 0 Å². The number of aryl methyl sites for hydroxylation is 1. The highest BCUT2D eigenvalue weighted by molar-refractivity contribution is 5.83. The zero-order valence-corrected chi connectivity index (χ0v) is 17.0. The van der Waals surface area contributed by atoms with Gasteiger partial charge in [-0.05, 0) is 25.1 Å². The van der Waals surface area contributed by atoms with Crippen LogP contribution in [-0.2, 0) is 6.42 Å². The van der Waals surface area contributed by atoms with Gasteiger partial charge in [-0.2, -0.15) is 5.10 Å². The number of aromatic nitrogens is 5. The summed E-state index contributed by atoms with van der Waals surface area (Å²) in [6.07, 6.45) is 0.317. The van der Waals surface area contributed by atoms with Gasteiger partial charge in [-0.25, -0.2) is 14.6 Å². The third-order valence-corrected chi connectivity index (χ3v) is 5.41. The molecule has 0 unspecified atom stereocenters. The average molecular weight is 413 g/mol. The highest BCUT2D eigenvalue weighted by atomic mass is 16.5. The molecular formula is C23H19N5O3. The van der Waals surface area contributed by atoms with E-state index in [9.17, 15) is 9.59 Å². The van der Waals surface area contributed by atoms with Crippen LogP contribution in [0.15, 0.2) is 64.2 Å². The fraction of sp³-hybridized carbons (Fsp3) is 0.130. The van der Waals surface area contributed by atoms with Crippen molar-refractivity contribution in [3.63, 3.8) is 0 Å². The van der Waals surface area contributed by atoms with Gasteiger partial charge in [0.25, 0.3) is 11.1 Å². The molecule has 8 heteroatoms. The van der Waals surface area contributed by atoms with Crippen molar-refractivity contribution < 1.29 is 4.74 Å². The summed E-state index contributed by atoms with van der Waals surface area (Å²) >= 11 is 0. The molecule has 0 saturated heterocycles. The van der Waals surface area contributed by atoms with Crippen LogP contribution in [0, 0.1) is 6.92 Å². The van der Waals surface area contributed by atoms with E-state index >= 15 is 0 Å². The summed E-state index contributed by atoms with van der Waals surface area (Å²) < 4.78 is 6.90. The molecule has 3 heterocycles. The van der Waals surface area contributed by atoms with Gasteiger partial charge in [0.2, 0.25) is 0 Å². The van der Waals surface area contributed by atoms with E-state index in [-0.39, 0.29) is 11.1 Å². The van der Waals surface area contributed by atoms with E-state index in [1.165, 1.54) is 10.6 Å². The van der Waals surface area contributed by atoms with Crippen LogP contribution < -0.4 is 15.9 Å². The Morgan fingerprint density at radius 3 is 2.58 bits per heavy atom. The number of ether oxygens (including phenoxy) is 1. The van der Waals surface area contributed by atoms with Gasteiger partial charge in [-0.15, -0.1) is 0 Å². The minimum Gasteiger partial charge on any atom is -0.496 e. The Morgan fingerprint density at radius 1 is 1.03 bits per heavy atom. The maximum absolute atomic E-state index is 12.8. The molecule has 5 rings (SSSR count). The number of benzene rings is 2. The summed E-state index contributed by atoms with van der Waals surface area (Å²) in [5.41, 5.74) is 3.76. The van der Waals surface area contributed by atoms with E-state index in [2.05, 4.69) is 15.3 Å². The van der Waals surface area contributed by atoms with E-state index in [0.29, 0.717) is 34.6 Å². The fourth-order valence-electron chi connectivity index (χ4n) is 3.88. The van der Waals surface area contributed by atoms with E-state index in [1.54, 1.807) is 19.2 Å². The third-order valence-electron chi connectivity index (χ3n) is 5.41. The van der Waals surface area contributed by atoms with Crippen molar-refractivity contribution in [1.82, 2.24) is 24.8 Å². The van der Waals surface area contributed by atoms with Crippen molar-refractivity contribution in [2.45, 2.75) is 13.3 Å². The molecule has 31 heavy (non-hydrogen) atoms. The largest absolute Gasteiger partial charge is 0.496 e. The summed E-state index contributed by atoms with van der Waals surface area (Å²) in [7, 11) is 1.61. The van der Waals surface area contributed by atoms with Crippen LogP contribution in [0.3, 0.4) is 0 Å². The van der Waals surface area contributed by atoms with Crippen LogP contribution in [0.2, 0.25) is 0 Å². The number of nitrogens with one attached hydrogen (secondary N) is 2. The first-order valence-corrected chi connectivity index (χ1v) is 9.78. The lowest BCUT2D eigenvalue weighted by atomic mass is 10.1. The first-order chi connectivity index (χ1) is 15.1. The van der Waals surface area contributed by atoms with Crippen molar-refractivity contribution in [3.8, 4) is 17.0 Å². The highest BCUT2D eigenvalue weighted by Crippen LogP contribution is 2.31. The molecule has 8 nitrogen and oxygen atoms in total. The number of hydrogen-bond acceptors (Lipinski definition) is 5. The molecule has 154 valence electrons. The molecule has 0 spiro atoms. The number of rotatable bonds is 4. The fourth-order valence-corrected chi connectivity index (χ4v) is 3.88. The molecule has 0 bridgehead atoms. The summed E-state index contributed by atoms with van der Waals surface area (Å²) in [5.74, 6) is 0.703. The molecule has 0 aliphatic carbocycles. The first kappa shape index (κ1) is 18.8. The second-order valence-corrected chi connectivity index (χ2v) is 7.28. The molecule has 0 amide bonds. The number of methoxy groups -OCH3 is 1. The lowest BCUT2D eigenvalue weighted by Crippen LogP contribution is -2.17. The molecule has 2 aromatic carbocycles. The molecule has 2 N–H and O–H groups in total. The Bertz CT molecular complexity index is 1560. The molecule has 0 atom stereocenters. The molecule has 0 saturated carbocycles. The van der Waals surface area contributed by atoms with Crippen LogP contribution in [0.25, 0.3) is 27.7 Å². The van der Waals surface area contributed by atoms with Gasteiger partial charge in [0.1, 0.15) is 5.75 Å². The number of fused-ring (bicyclic) bond motifs is 2. The molecule has 0 aliphatic rings. The van der Waals surface area contributed by atoms with Crippen LogP contribution in [-0.4, -0.2) is 31.9 Å². The zero-order chi connectivity index (χ0) is 21.5. The summed E-state index contributed by atoms with van der Waals surface area (Å²) in [4.78, 5) is 29.6. The Morgan fingerprint density at radius 2 is 1.77 bits per heavy atom. The van der Waals surface area contributed by atoms with Gasteiger partial charge in [0.15, 0.2) is 5.65 Å². The topological polar surface area (TPSA) is 105 Å². The number of H-pyrrole nitrogens is 2. The van der Waals surface area contributed by atoms with Crippen molar-refractivity contribution in [3.05, 3.63) is 92.3 Å². The van der Waals surface area contributed by atoms with E-state index in [0.717, 1.165) is 22.2 Å². The highest BCUT2D eigenvalue weighted by Gasteiger charge is 2.17. The molecule has 5 aromatic rings. The SMILES string of the molecule is COc1ccccc1-c1[nH]n2c(=O)cc(Cc3n[nH]c(=O)c4ccccc34)nc2c1C. The van der Waals surface area contributed by atoms with Crippen LogP contribution in [0.4, 0.5) is 0 Å². The molecule has 0 radical (unpaired) electrons. The van der Waals surface area contributed by atoms with Gasteiger partial charge in [0, 0.05) is 29.0 Å². The van der Waals surface area contributed by atoms with Crippen LogP contribution in [0.1, 0.15) is 17.0 Å². The predicted molar refractivity (Wildman–Crippen MR) is 118 cm³/mol. The maximum Gasteiger partial charge on any atom is 0.272 e. The number of nitrogens with zero attached hydrogens (tertiary/aromatic N) is 3. The Balaban J connectivity index is 1.65. The van der Waals surface area contributed by atoms with Gasteiger partial charge in [0.05, 0.1) is 29.6 Å². The summed E-state index contributed by atoms with van der Waals surface area (Å²) in [5, 5.41) is 11.2. The molecular weight excluding hydrogens is 394 g/mol. The maximum atomic E-state index is 12.8. The van der Waals surface area contributed by atoms with E-state index in [4.69, 9.17) is 9.72 Å².